The Kier molecular flexibility index (Phi) is 6.14. The summed E-state index contributed by atoms with van der Waals surface area (Å²) in [6, 6.07) is 14.0. The van der Waals surface area contributed by atoms with Crippen molar-refractivity contribution < 1.29 is 14.3 Å². The lowest BCUT2D eigenvalue weighted by Gasteiger charge is -2.33. The number of carbonyl (C=O) groups excluding carboxylic acids is 2. The number of ether oxygens (including phenoxy) is 1. The van der Waals surface area contributed by atoms with Crippen LogP contribution in [0.5, 0.6) is 0 Å². The number of morpholine rings is 1. The fourth-order valence-corrected chi connectivity index (χ4v) is 3.42. The molecule has 1 saturated heterocycles. The van der Waals surface area contributed by atoms with Crippen molar-refractivity contribution in [3.63, 3.8) is 0 Å². The predicted molar refractivity (Wildman–Crippen MR) is 101 cm³/mol. The maximum atomic E-state index is 12.4. The normalized spacial score (nSPS) is 17.6. The van der Waals surface area contributed by atoms with Gasteiger partial charge in [0.15, 0.2) is 0 Å². The molecule has 1 aliphatic rings. The second-order valence-electron chi connectivity index (χ2n) is 6.05. The van der Waals surface area contributed by atoms with Crippen LogP contribution in [0.2, 0.25) is 10.0 Å². The zero-order valence-corrected chi connectivity index (χ0v) is 15.5. The minimum Gasteiger partial charge on any atom is -0.463 e. The summed E-state index contributed by atoms with van der Waals surface area (Å²) in [6.45, 7) is 1.49. The number of rotatable bonds is 5. The molecular formula is C19H18Cl2N2O3. The molecule has 0 unspecified atom stereocenters. The summed E-state index contributed by atoms with van der Waals surface area (Å²) < 4.78 is 5.14. The summed E-state index contributed by atoms with van der Waals surface area (Å²) in [4.78, 5) is 26.6. The second-order valence-corrected chi connectivity index (χ2v) is 6.92. The highest BCUT2D eigenvalue weighted by Crippen LogP contribution is 2.23. The van der Waals surface area contributed by atoms with Gasteiger partial charge in [0.05, 0.1) is 6.42 Å². The van der Waals surface area contributed by atoms with Crippen LogP contribution in [0.4, 0.5) is 5.69 Å². The van der Waals surface area contributed by atoms with Gasteiger partial charge in [-0.25, -0.2) is 0 Å². The first-order chi connectivity index (χ1) is 12.5. The van der Waals surface area contributed by atoms with E-state index in [1.165, 1.54) is 0 Å². The number of amides is 1. The molecule has 0 bridgehead atoms. The summed E-state index contributed by atoms with van der Waals surface area (Å²) in [5.41, 5.74) is 1.57. The number of carbonyl (C=O) groups is 2. The van der Waals surface area contributed by atoms with Gasteiger partial charge in [-0.05, 0) is 23.8 Å². The SMILES string of the molecule is O=C(C[C@H]1C(=O)OCCN1Cc1ccccc1)Nc1cc(Cl)cc(Cl)c1. The Morgan fingerprint density at radius 1 is 1.15 bits per heavy atom. The molecule has 1 atom stereocenters. The van der Waals surface area contributed by atoms with Crippen LogP contribution in [0.3, 0.4) is 0 Å². The van der Waals surface area contributed by atoms with Crippen LogP contribution in [0, 0.1) is 0 Å². The Morgan fingerprint density at radius 3 is 2.54 bits per heavy atom. The molecule has 136 valence electrons. The second kappa shape index (κ2) is 8.54. The van der Waals surface area contributed by atoms with E-state index in [0.717, 1.165) is 5.56 Å². The summed E-state index contributed by atoms with van der Waals surface area (Å²) in [5, 5.41) is 3.59. The monoisotopic (exact) mass is 392 g/mol. The van der Waals surface area contributed by atoms with E-state index in [1.807, 2.05) is 35.2 Å². The zero-order chi connectivity index (χ0) is 18.5. The number of halogens is 2. The molecule has 0 aliphatic carbocycles. The Hall–Kier alpha value is -2.08. The maximum absolute atomic E-state index is 12.4. The fraction of sp³-hybridized carbons (Fsp3) is 0.263. The molecule has 3 rings (SSSR count). The highest BCUT2D eigenvalue weighted by molar-refractivity contribution is 6.35. The molecule has 1 heterocycles. The minimum atomic E-state index is -0.626. The predicted octanol–water partition coefficient (Wildman–Crippen LogP) is 3.75. The Balaban J connectivity index is 1.68. The van der Waals surface area contributed by atoms with Gasteiger partial charge in [0.2, 0.25) is 5.91 Å². The fourth-order valence-electron chi connectivity index (χ4n) is 2.90. The molecule has 1 aliphatic heterocycles. The lowest BCUT2D eigenvalue weighted by Crippen LogP contribution is -2.49. The van der Waals surface area contributed by atoms with E-state index in [2.05, 4.69) is 5.32 Å². The van der Waals surface area contributed by atoms with E-state index >= 15 is 0 Å². The van der Waals surface area contributed by atoms with Crippen LogP contribution >= 0.6 is 23.2 Å². The molecule has 1 fully saturated rings. The average Bonchev–Trinajstić information content (AvgIpc) is 2.58. The summed E-state index contributed by atoms with van der Waals surface area (Å²) in [7, 11) is 0. The number of hydrogen-bond acceptors (Lipinski definition) is 4. The van der Waals surface area contributed by atoms with Gasteiger partial charge < -0.3 is 10.1 Å². The maximum Gasteiger partial charge on any atom is 0.323 e. The van der Waals surface area contributed by atoms with Gasteiger partial charge in [-0.1, -0.05) is 53.5 Å². The number of nitrogens with one attached hydrogen (secondary N) is 1. The summed E-state index contributed by atoms with van der Waals surface area (Å²) >= 11 is 11.9. The molecule has 0 saturated carbocycles. The molecule has 26 heavy (non-hydrogen) atoms. The Morgan fingerprint density at radius 2 is 1.85 bits per heavy atom. The first-order valence-electron chi connectivity index (χ1n) is 8.22. The quantitative estimate of drug-likeness (QED) is 0.787. The smallest absolute Gasteiger partial charge is 0.323 e. The van der Waals surface area contributed by atoms with Crippen molar-refractivity contribution in [1.29, 1.82) is 0 Å². The summed E-state index contributed by atoms with van der Waals surface area (Å²) in [6.07, 6.45) is -0.00417. The molecule has 1 amide bonds. The van der Waals surface area contributed by atoms with Crippen LogP contribution < -0.4 is 5.32 Å². The van der Waals surface area contributed by atoms with Gasteiger partial charge in [0.1, 0.15) is 12.6 Å². The number of hydrogen-bond donors (Lipinski definition) is 1. The van der Waals surface area contributed by atoms with Gasteiger partial charge in [-0.3, -0.25) is 14.5 Å². The van der Waals surface area contributed by atoms with E-state index < -0.39 is 6.04 Å². The van der Waals surface area contributed by atoms with Gasteiger partial charge >= 0.3 is 5.97 Å². The third-order valence-electron chi connectivity index (χ3n) is 4.09. The third-order valence-corrected chi connectivity index (χ3v) is 4.53. The molecule has 0 spiro atoms. The van der Waals surface area contributed by atoms with E-state index in [0.29, 0.717) is 35.4 Å². The molecule has 7 heteroatoms. The van der Waals surface area contributed by atoms with Crippen LogP contribution in [0.25, 0.3) is 0 Å². The minimum absolute atomic E-state index is 0.00417. The molecular weight excluding hydrogens is 375 g/mol. The highest BCUT2D eigenvalue weighted by atomic mass is 35.5. The zero-order valence-electron chi connectivity index (χ0n) is 14.0. The van der Waals surface area contributed by atoms with Crippen molar-refractivity contribution in [2.45, 2.75) is 19.0 Å². The number of anilines is 1. The molecule has 2 aromatic carbocycles. The molecule has 2 aromatic rings. The highest BCUT2D eigenvalue weighted by Gasteiger charge is 2.33. The largest absolute Gasteiger partial charge is 0.463 e. The van der Waals surface area contributed by atoms with E-state index in [-0.39, 0.29) is 18.3 Å². The first-order valence-corrected chi connectivity index (χ1v) is 8.97. The number of nitrogens with zero attached hydrogens (tertiary/aromatic N) is 1. The number of esters is 1. The van der Waals surface area contributed by atoms with E-state index in [9.17, 15) is 9.59 Å². The van der Waals surface area contributed by atoms with Crippen LogP contribution in [-0.2, 0) is 20.9 Å². The van der Waals surface area contributed by atoms with Gasteiger partial charge in [0.25, 0.3) is 0 Å². The van der Waals surface area contributed by atoms with Crippen molar-refractivity contribution in [1.82, 2.24) is 4.90 Å². The Labute approximate surface area is 161 Å². The van der Waals surface area contributed by atoms with Gasteiger partial charge in [0, 0.05) is 28.8 Å². The van der Waals surface area contributed by atoms with Gasteiger partial charge in [-0.15, -0.1) is 0 Å². The van der Waals surface area contributed by atoms with Crippen molar-refractivity contribution in [3.05, 3.63) is 64.1 Å². The number of cyclic esters (lactones) is 1. The van der Waals surface area contributed by atoms with Crippen LogP contribution in [0.1, 0.15) is 12.0 Å². The first kappa shape index (κ1) is 18.7. The van der Waals surface area contributed by atoms with Crippen molar-refractivity contribution in [2.75, 3.05) is 18.5 Å². The summed E-state index contributed by atoms with van der Waals surface area (Å²) in [5.74, 6) is -0.684. The lowest BCUT2D eigenvalue weighted by atomic mass is 10.1. The number of benzene rings is 2. The topological polar surface area (TPSA) is 58.6 Å². The average molecular weight is 393 g/mol. The van der Waals surface area contributed by atoms with Crippen LogP contribution in [-0.4, -0.2) is 36.0 Å². The van der Waals surface area contributed by atoms with Crippen molar-refractivity contribution in [2.24, 2.45) is 0 Å². The van der Waals surface area contributed by atoms with Crippen molar-refractivity contribution >= 4 is 40.8 Å². The van der Waals surface area contributed by atoms with E-state index in [1.54, 1.807) is 18.2 Å². The molecule has 0 radical (unpaired) electrons. The third kappa shape index (κ3) is 4.97. The lowest BCUT2D eigenvalue weighted by molar-refractivity contribution is -0.159. The van der Waals surface area contributed by atoms with Gasteiger partial charge in [-0.2, -0.15) is 0 Å². The van der Waals surface area contributed by atoms with Crippen molar-refractivity contribution in [3.8, 4) is 0 Å². The molecule has 5 nitrogen and oxygen atoms in total. The van der Waals surface area contributed by atoms with E-state index in [4.69, 9.17) is 27.9 Å². The molecule has 1 N–H and O–H groups in total. The molecule has 0 aromatic heterocycles. The standard InChI is InChI=1S/C19H18Cl2N2O3/c20-14-8-15(21)10-16(9-14)22-18(24)11-17-19(25)26-7-6-23(17)12-13-4-2-1-3-5-13/h1-5,8-10,17H,6-7,11-12H2,(H,22,24)/t17-/m0/s1. The Bertz CT molecular complexity index is 778. The van der Waals surface area contributed by atoms with Crippen LogP contribution in [0.15, 0.2) is 48.5 Å².